The van der Waals surface area contributed by atoms with E-state index in [0.29, 0.717) is 36.6 Å². The first-order chi connectivity index (χ1) is 14.7. The van der Waals surface area contributed by atoms with Crippen LogP contribution in [0.3, 0.4) is 0 Å². The summed E-state index contributed by atoms with van der Waals surface area (Å²) in [6.45, 7) is 5.28. The highest BCUT2D eigenvalue weighted by atomic mass is 32.2. The van der Waals surface area contributed by atoms with E-state index in [1.165, 1.54) is 24.5 Å². The third-order valence-electron chi connectivity index (χ3n) is 6.09. The van der Waals surface area contributed by atoms with Crippen LogP contribution >= 0.6 is 0 Å². The molecule has 0 aromatic heterocycles. The molecule has 1 amide bonds. The third kappa shape index (κ3) is 3.90. The molecule has 0 radical (unpaired) electrons. The maximum Gasteiger partial charge on any atom is 0.254 e. The number of likely N-dealkylation sites (tertiary alicyclic amines) is 1. The number of sulfonamides is 1. The van der Waals surface area contributed by atoms with Crippen molar-refractivity contribution in [1.82, 2.24) is 9.21 Å². The average Bonchev–Trinajstić information content (AvgIpc) is 3.24. The standard InChI is InChI=1S/C23H28N2O5S/c1-15-12-18(14-22(16(15)2)31(27,28)24(3)4)23(26)25-9-5-6-19(25)17-7-8-20-21(13-17)30-11-10-29-20/h7-8,12-14,19H,5-6,9-11H2,1-4H3/t19-/m0/s1. The summed E-state index contributed by atoms with van der Waals surface area (Å²) in [6.07, 6.45) is 1.73. The van der Waals surface area contributed by atoms with E-state index in [1.54, 1.807) is 13.0 Å². The van der Waals surface area contributed by atoms with Gasteiger partial charge in [-0.1, -0.05) is 6.07 Å². The number of nitrogens with zero attached hydrogens (tertiary/aromatic N) is 2. The van der Waals surface area contributed by atoms with Gasteiger partial charge in [0, 0.05) is 26.2 Å². The van der Waals surface area contributed by atoms with Crippen molar-refractivity contribution >= 4 is 15.9 Å². The number of rotatable bonds is 4. The van der Waals surface area contributed by atoms with Gasteiger partial charge in [0.25, 0.3) is 5.91 Å². The van der Waals surface area contributed by atoms with Crippen LogP contribution in [0.1, 0.15) is 45.9 Å². The number of hydrogen-bond donors (Lipinski definition) is 0. The Balaban J connectivity index is 1.68. The maximum atomic E-state index is 13.5. The van der Waals surface area contributed by atoms with Crippen LogP contribution < -0.4 is 9.47 Å². The van der Waals surface area contributed by atoms with Gasteiger partial charge in [-0.25, -0.2) is 12.7 Å². The first kappa shape index (κ1) is 21.6. The number of aryl methyl sites for hydroxylation is 1. The molecule has 1 saturated heterocycles. The van der Waals surface area contributed by atoms with E-state index < -0.39 is 10.0 Å². The number of carbonyl (C=O) groups excluding carboxylic acids is 1. The lowest BCUT2D eigenvalue weighted by molar-refractivity contribution is 0.0734. The molecule has 2 aromatic rings. The third-order valence-corrected chi connectivity index (χ3v) is 8.03. The van der Waals surface area contributed by atoms with Crippen molar-refractivity contribution in [2.75, 3.05) is 33.9 Å². The number of amides is 1. The molecule has 0 aliphatic carbocycles. The molecule has 31 heavy (non-hydrogen) atoms. The minimum Gasteiger partial charge on any atom is -0.486 e. The molecular formula is C23H28N2O5S. The molecule has 8 heteroatoms. The Bertz CT molecular complexity index is 1130. The lowest BCUT2D eigenvalue weighted by Gasteiger charge is -2.27. The summed E-state index contributed by atoms with van der Waals surface area (Å²) >= 11 is 0. The fourth-order valence-corrected chi connectivity index (χ4v) is 5.42. The van der Waals surface area contributed by atoms with E-state index in [0.717, 1.165) is 29.7 Å². The number of hydrogen-bond acceptors (Lipinski definition) is 5. The molecule has 7 nitrogen and oxygen atoms in total. The average molecular weight is 445 g/mol. The zero-order valence-electron chi connectivity index (χ0n) is 18.3. The van der Waals surface area contributed by atoms with Gasteiger partial charge in [0.15, 0.2) is 11.5 Å². The summed E-state index contributed by atoms with van der Waals surface area (Å²) < 4.78 is 38.1. The van der Waals surface area contributed by atoms with Crippen molar-refractivity contribution in [2.24, 2.45) is 0 Å². The van der Waals surface area contributed by atoms with E-state index in [-0.39, 0.29) is 16.8 Å². The van der Waals surface area contributed by atoms with Gasteiger partial charge in [-0.2, -0.15) is 0 Å². The summed E-state index contributed by atoms with van der Waals surface area (Å²) in [5.41, 5.74) is 2.84. The van der Waals surface area contributed by atoms with E-state index in [1.807, 2.05) is 30.0 Å². The summed E-state index contributed by atoms with van der Waals surface area (Å²) in [5, 5.41) is 0. The first-order valence-electron chi connectivity index (χ1n) is 10.4. The van der Waals surface area contributed by atoms with Crippen LogP contribution in [0.5, 0.6) is 11.5 Å². The predicted molar refractivity (Wildman–Crippen MR) is 117 cm³/mol. The minimum atomic E-state index is -3.65. The Morgan fingerprint density at radius 2 is 1.77 bits per heavy atom. The van der Waals surface area contributed by atoms with Crippen molar-refractivity contribution in [1.29, 1.82) is 0 Å². The molecule has 1 fully saturated rings. The van der Waals surface area contributed by atoms with Crippen LogP contribution in [0.2, 0.25) is 0 Å². The van der Waals surface area contributed by atoms with Crippen molar-refractivity contribution in [2.45, 2.75) is 37.6 Å². The Morgan fingerprint density at radius 1 is 1.06 bits per heavy atom. The summed E-state index contributed by atoms with van der Waals surface area (Å²) in [7, 11) is -0.659. The van der Waals surface area contributed by atoms with Gasteiger partial charge in [-0.05, 0) is 67.6 Å². The van der Waals surface area contributed by atoms with Crippen LogP contribution in [0.25, 0.3) is 0 Å². The fourth-order valence-electron chi connectivity index (χ4n) is 4.20. The van der Waals surface area contributed by atoms with E-state index in [2.05, 4.69) is 0 Å². The molecule has 166 valence electrons. The normalized spacial score (nSPS) is 18.5. The zero-order chi connectivity index (χ0) is 22.3. The fraction of sp³-hybridized carbons (Fsp3) is 0.435. The molecule has 2 aliphatic rings. The Hall–Kier alpha value is -2.58. The van der Waals surface area contributed by atoms with E-state index in [4.69, 9.17) is 9.47 Å². The Labute approximate surface area is 183 Å². The van der Waals surface area contributed by atoms with Gasteiger partial charge < -0.3 is 14.4 Å². The molecule has 0 spiro atoms. The highest BCUT2D eigenvalue weighted by Gasteiger charge is 2.33. The summed E-state index contributed by atoms with van der Waals surface area (Å²) in [5.74, 6) is 1.27. The summed E-state index contributed by atoms with van der Waals surface area (Å²) in [6, 6.07) is 9.03. The molecule has 1 atom stereocenters. The highest BCUT2D eigenvalue weighted by molar-refractivity contribution is 7.89. The monoisotopic (exact) mass is 444 g/mol. The molecule has 0 unspecified atom stereocenters. The lowest BCUT2D eigenvalue weighted by Crippen LogP contribution is -2.31. The van der Waals surface area contributed by atoms with E-state index in [9.17, 15) is 13.2 Å². The van der Waals surface area contributed by atoms with Gasteiger partial charge >= 0.3 is 0 Å². The van der Waals surface area contributed by atoms with Crippen molar-refractivity contribution in [3.8, 4) is 11.5 Å². The summed E-state index contributed by atoms with van der Waals surface area (Å²) in [4.78, 5) is 15.5. The van der Waals surface area contributed by atoms with Crippen molar-refractivity contribution in [3.05, 3.63) is 52.6 Å². The van der Waals surface area contributed by atoms with Crippen LogP contribution in [0.15, 0.2) is 35.2 Å². The number of carbonyl (C=O) groups is 1. The van der Waals surface area contributed by atoms with Crippen molar-refractivity contribution in [3.63, 3.8) is 0 Å². The molecule has 0 bridgehead atoms. The van der Waals surface area contributed by atoms with Crippen LogP contribution in [-0.4, -0.2) is 57.4 Å². The Kier molecular flexibility index (Phi) is 5.70. The molecular weight excluding hydrogens is 416 g/mol. The van der Waals surface area contributed by atoms with Crippen molar-refractivity contribution < 1.29 is 22.7 Å². The van der Waals surface area contributed by atoms with Gasteiger partial charge in [-0.15, -0.1) is 0 Å². The number of ether oxygens (including phenoxy) is 2. The predicted octanol–water partition coefficient (Wildman–Crippen LogP) is 3.30. The minimum absolute atomic E-state index is 0.0844. The van der Waals surface area contributed by atoms with Gasteiger partial charge in [0.1, 0.15) is 13.2 Å². The molecule has 4 rings (SSSR count). The lowest BCUT2D eigenvalue weighted by atomic mass is 10.0. The maximum absolute atomic E-state index is 13.5. The van der Waals surface area contributed by atoms with Crippen LogP contribution in [-0.2, 0) is 10.0 Å². The molecule has 2 heterocycles. The largest absolute Gasteiger partial charge is 0.486 e. The zero-order valence-corrected chi connectivity index (χ0v) is 19.2. The molecule has 0 saturated carbocycles. The number of benzene rings is 2. The smallest absolute Gasteiger partial charge is 0.254 e. The second-order valence-corrected chi connectivity index (χ2v) is 10.4. The van der Waals surface area contributed by atoms with Gasteiger partial charge in [-0.3, -0.25) is 4.79 Å². The van der Waals surface area contributed by atoms with E-state index >= 15 is 0 Å². The highest BCUT2D eigenvalue weighted by Crippen LogP contribution is 2.39. The van der Waals surface area contributed by atoms with Gasteiger partial charge in [0.05, 0.1) is 10.9 Å². The number of fused-ring (bicyclic) bond motifs is 1. The van der Waals surface area contributed by atoms with Gasteiger partial charge in [0.2, 0.25) is 10.0 Å². The first-order valence-corrected chi connectivity index (χ1v) is 11.9. The van der Waals surface area contributed by atoms with Crippen LogP contribution in [0.4, 0.5) is 0 Å². The molecule has 2 aromatic carbocycles. The van der Waals surface area contributed by atoms with Crippen LogP contribution in [0, 0.1) is 13.8 Å². The quantitative estimate of drug-likeness (QED) is 0.723. The SMILES string of the molecule is Cc1cc(C(=O)N2CCC[C@H]2c2ccc3c(c2)OCCO3)cc(S(=O)(=O)N(C)C)c1C. The second-order valence-electron chi connectivity index (χ2n) is 8.26. The molecule has 2 aliphatic heterocycles. The second kappa shape index (κ2) is 8.16. The topological polar surface area (TPSA) is 76.1 Å². The Morgan fingerprint density at radius 3 is 2.48 bits per heavy atom. The molecule has 0 N–H and O–H groups in total.